The highest BCUT2D eigenvalue weighted by Crippen LogP contribution is 2.31. The predicted octanol–water partition coefficient (Wildman–Crippen LogP) is 4.05. The van der Waals surface area contributed by atoms with Crippen molar-refractivity contribution in [3.63, 3.8) is 0 Å². The second kappa shape index (κ2) is 9.46. The van der Waals surface area contributed by atoms with Gasteiger partial charge in [-0.15, -0.1) is 11.3 Å². The minimum Gasteiger partial charge on any atom is -0.454 e. The average molecular weight is 454 g/mol. The first kappa shape index (κ1) is 20.6. The molecule has 2 heterocycles. The number of rotatable bonds is 6. The van der Waals surface area contributed by atoms with E-state index < -0.39 is 11.8 Å². The van der Waals surface area contributed by atoms with Crippen molar-refractivity contribution in [1.82, 2.24) is 10.7 Å². The first-order valence-electron chi connectivity index (χ1n) is 9.14. The number of nitrogens with zero attached hydrogens (tertiary/aromatic N) is 1. The zero-order valence-electron chi connectivity index (χ0n) is 16.0. The van der Waals surface area contributed by atoms with Gasteiger partial charge in [0.1, 0.15) is 5.70 Å². The lowest BCUT2D eigenvalue weighted by molar-refractivity contribution is -0.117. The molecule has 0 aliphatic carbocycles. The molecule has 0 radical (unpaired) electrons. The molecule has 2 amide bonds. The number of hydrogen-bond donors (Lipinski definition) is 2. The van der Waals surface area contributed by atoms with Gasteiger partial charge in [-0.25, -0.2) is 5.43 Å². The van der Waals surface area contributed by atoms with Crippen molar-refractivity contribution in [2.45, 2.75) is 0 Å². The molecule has 156 valence electrons. The highest BCUT2D eigenvalue weighted by molar-refractivity contribution is 7.10. The number of carbonyl (C=O) groups is 2. The van der Waals surface area contributed by atoms with E-state index in [0.29, 0.717) is 17.1 Å². The fourth-order valence-electron chi connectivity index (χ4n) is 2.73. The molecule has 1 aromatic heterocycles. The van der Waals surface area contributed by atoms with Crippen molar-refractivity contribution in [3.8, 4) is 11.5 Å². The summed E-state index contributed by atoms with van der Waals surface area (Å²) in [5.41, 5.74) is 3.45. The van der Waals surface area contributed by atoms with E-state index in [-0.39, 0.29) is 23.1 Å². The van der Waals surface area contributed by atoms with Gasteiger partial charge in [0.15, 0.2) is 11.5 Å². The molecule has 31 heavy (non-hydrogen) atoms. The van der Waals surface area contributed by atoms with Gasteiger partial charge in [0.25, 0.3) is 11.8 Å². The van der Waals surface area contributed by atoms with Crippen LogP contribution in [0, 0.1) is 0 Å². The van der Waals surface area contributed by atoms with Crippen LogP contribution < -0.4 is 20.2 Å². The van der Waals surface area contributed by atoms with Gasteiger partial charge in [-0.1, -0.05) is 29.8 Å². The molecule has 0 atom stereocenters. The summed E-state index contributed by atoms with van der Waals surface area (Å²) < 4.78 is 10.6. The van der Waals surface area contributed by atoms with Crippen LogP contribution in [0.25, 0.3) is 6.08 Å². The number of nitrogens with one attached hydrogen (secondary N) is 2. The largest absolute Gasteiger partial charge is 0.454 e. The molecular formula is C22H16ClN3O4S. The van der Waals surface area contributed by atoms with Gasteiger partial charge in [-0.3, -0.25) is 9.59 Å². The van der Waals surface area contributed by atoms with Crippen molar-refractivity contribution in [2.24, 2.45) is 5.10 Å². The maximum absolute atomic E-state index is 12.7. The number of fused-ring (bicyclic) bond motifs is 1. The van der Waals surface area contributed by atoms with Crippen LogP contribution in [-0.2, 0) is 4.79 Å². The average Bonchev–Trinajstić information content (AvgIpc) is 3.45. The van der Waals surface area contributed by atoms with Gasteiger partial charge in [-0.2, -0.15) is 5.10 Å². The van der Waals surface area contributed by atoms with Gasteiger partial charge in [0.2, 0.25) is 6.79 Å². The van der Waals surface area contributed by atoms with E-state index in [2.05, 4.69) is 15.8 Å². The zero-order chi connectivity index (χ0) is 21.6. The first-order valence-corrected chi connectivity index (χ1v) is 10.4. The Morgan fingerprint density at radius 3 is 2.71 bits per heavy atom. The van der Waals surface area contributed by atoms with Gasteiger partial charge in [-0.05, 0) is 53.4 Å². The Labute approximate surface area is 186 Å². The summed E-state index contributed by atoms with van der Waals surface area (Å²) in [6.45, 7) is 0.175. The highest BCUT2D eigenvalue weighted by Gasteiger charge is 2.17. The van der Waals surface area contributed by atoms with Crippen LogP contribution in [0.1, 0.15) is 20.8 Å². The van der Waals surface area contributed by atoms with Crippen LogP contribution >= 0.6 is 22.9 Å². The molecule has 4 rings (SSSR count). The molecule has 3 aromatic rings. The summed E-state index contributed by atoms with van der Waals surface area (Å²) in [6.07, 6.45) is 3.04. The van der Waals surface area contributed by atoms with Crippen LogP contribution in [0.5, 0.6) is 11.5 Å². The first-order chi connectivity index (χ1) is 15.1. The molecule has 1 aliphatic heterocycles. The number of hydrazone groups is 1. The van der Waals surface area contributed by atoms with Gasteiger partial charge in [0.05, 0.1) is 16.8 Å². The second-order valence-electron chi connectivity index (χ2n) is 6.32. The number of thiophene rings is 1. The minimum absolute atomic E-state index is 0.0372. The monoisotopic (exact) mass is 453 g/mol. The molecule has 2 N–H and O–H groups in total. The van der Waals surface area contributed by atoms with Gasteiger partial charge >= 0.3 is 0 Å². The summed E-state index contributed by atoms with van der Waals surface area (Å²) in [4.78, 5) is 26.1. The lowest BCUT2D eigenvalue weighted by Gasteiger charge is -2.09. The fraction of sp³-hybridized carbons (Fsp3) is 0.0455. The van der Waals surface area contributed by atoms with E-state index in [1.165, 1.54) is 17.6 Å². The van der Waals surface area contributed by atoms with E-state index in [1.54, 1.807) is 48.5 Å². The maximum atomic E-state index is 12.7. The topological polar surface area (TPSA) is 89.0 Å². The van der Waals surface area contributed by atoms with Crippen LogP contribution in [-0.4, -0.2) is 24.8 Å². The number of ether oxygens (including phenoxy) is 2. The highest BCUT2D eigenvalue weighted by atomic mass is 35.5. The molecule has 1 aliphatic rings. The summed E-state index contributed by atoms with van der Waals surface area (Å²) >= 11 is 7.52. The molecule has 0 bridgehead atoms. The third-order valence-electron chi connectivity index (χ3n) is 4.22. The Morgan fingerprint density at radius 1 is 1.06 bits per heavy atom. The van der Waals surface area contributed by atoms with E-state index in [0.717, 1.165) is 4.88 Å². The van der Waals surface area contributed by atoms with Crippen LogP contribution in [0.15, 0.2) is 70.8 Å². The summed E-state index contributed by atoms with van der Waals surface area (Å²) in [5, 5.41) is 8.75. The molecule has 0 saturated carbocycles. The van der Waals surface area contributed by atoms with E-state index >= 15 is 0 Å². The Balaban J connectivity index is 1.49. The number of hydrogen-bond acceptors (Lipinski definition) is 6. The number of carbonyl (C=O) groups excluding carboxylic acids is 2. The number of halogens is 1. The van der Waals surface area contributed by atoms with Crippen molar-refractivity contribution in [1.29, 1.82) is 0 Å². The maximum Gasteiger partial charge on any atom is 0.287 e. The van der Waals surface area contributed by atoms with Crippen LogP contribution in [0.3, 0.4) is 0 Å². The number of amides is 2. The second-order valence-corrected chi connectivity index (χ2v) is 7.71. The smallest absolute Gasteiger partial charge is 0.287 e. The van der Waals surface area contributed by atoms with Gasteiger partial charge < -0.3 is 14.8 Å². The van der Waals surface area contributed by atoms with E-state index in [1.807, 2.05) is 17.5 Å². The molecule has 0 spiro atoms. The summed E-state index contributed by atoms with van der Waals surface area (Å²) in [6, 6.07) is 15.6. The summed E-state index contributed by atoms with van der Waals surface area (Å²) in [5.74, 6) is 0.194. The fourth-order valence-corrected chi connectivity index (χ4v) is 3.61. The predicted molar refractivity (Wildman–Crippen MR) is 120 cm³/mol. The molecule has 7 nitrogen and oxygen atoms in total. The Hall–Kier alpha value is -3.62. The lowest BCUT2D eigenvalue weighted by atomic mass is 10.2. The molecular weight excluding hydrogens is 438 g/mol. The third-order valence-corrected chi connectivity index (χ3v) is 5.37. The Bertz CT molecular complexity index is 1180. The standard InChI is InChI=1S/C22H16ClN3O4S/c23-17-6-2-1-5-16(17)21(27)25-18(11-15-4-3-9-31-15)22(28)26-24-12-14-7-8-19-20(10-14)30-13-29-19/h1-12H,13H2,(H,25,27)(H,26,28)/b18-11+,24-12+. The van der Waals surface area contributed by atoms with Crippen molar-refractivity contribution >= 4 is 47.0 Å². The normalized spacial score (nSPS) is 12.7. The molecule has 2 aromatic carbocycles. The zero-order valence-corrected chi connectivity index (χ0v) is 17.6. The minimum atomic E-state index is -0.578. The summed E-state index contributed by atoms with van der Waals surface area (Å²) in [7, 11) is 0. The van der Waals surface area contributed by atoms with E-state index in [4.69, 9.17) is 21.1 Å². The van der Waals surface area contributed by atoms with Crippen LogP contribution in [0.4, 0.5) is 0 Å². The third kappa shape index (κ3) is 5.11. The van der Waals surface area contributed by atoms with E-state index in [9.17, 15) is 9.59 Å². The van der Waals surface area contributed by atoms with Crippen molar-refractivity contribution in [3.05, 3.63) is 86.7 Å². The molecule has 9 heteroatoms. The lowest BCUT2D eigenvalue weighted by Crippen LogP contribution is -2.32. The van der Waals surface area contributed by atoms with Crippen molar-refractivity contribution < 1.29 is 19.1 Å². The molecule has 0 fully saturated rings. The Kier molecular flexibility index (Phi) is 6.30. The number of benzene rings is 2. The quantitative estimate of drug-likeness (QED) is 0.335. The van der Waals surface area contributed by atoms with Crippen molar-refractivity contribution in [2.75, 3.05) is 6.79 Å². The van der Waals surface area contributed by atoms with Gasteiger partial charge in [0, 0.05) is 4.88 Å². The Morgan fingerprint density at radius 2 is 1.90 bits per heavy atom. The molecule has 0 unspecified atom stereocenters. The SMILES string of the molecule is O=C(N/N=C/c1ccc2c(c1)OCO2)/C(=C\c1cccs1)NC(=O)c1ccccc1Cl. The van der Waals surface area contributed by atoms with Crippen LogP contribution in [0.2, 0.25) is 5.02 Å². The molecule has 0 saturated heterocycles.